The summed E-state index contributed by atoms with van der Waals surface area (Å²) in [6.07, 6.45) is 1.45. The Morgan fingerprint density at radius 3 is 2.72 bits per heavy atom. The minimum absolute atomic E-state index is 0.162. The molecule has 4 rings (SSSR count). The van der Waals surface area contributed by atoms with Gasteiger partial charge in [-0.05, 0) is 31.2 Å². The van der Waals surface area contributed by atoms with Gasteiger partial charge in [0, 0.05) is 45.1 Å². The van der Waals surface area contributed by atoms with Gasteiger partial charge in [-0.25, -0.2) is 0 Å². The predicted octanol–water partition coefficient (Wildman–Crippen LogP) is 4.00. The van der Waals surface area contributed by atoms with E-state index in [-0.39, 0.29) is 34.1 Å². The van der Waals surface area contributed by atoms with Crippen molar-refractivity contribution in [3.05, 3.63) is 58.7 Å². The number of aryl methyl sites for hydroxylation is 1. The van der Waals surface area contributed by atoms with Gasteiger partial charge < -0.3 is 29.2 Å². The summed E-state index contributed by atoms with van der Waals surface area (Å²) in [5.41, 5.74) is 0.643. The maximum atomic E-state index is 13.0. The zero-order chi connectivity index (χ0) is 25.8. The molecule has 0 fully saturated rings. The molecule has 10 nitrogen and oxygen atoms in total. The first-order valence-electron chi connectivity index (χ1n) is 11.3. The van der Waals surface area contributed by atoms with Gasteiger partial charge in [-0.3, -0.25) is 14.3 Å². The summed E-state index contributed by atoms with van der Waals surface area (Å²) in [6.45, 7) is 2.95. The highest BCUT2D eigenvalue weighted by atomic mass is 35.5. The van der Waals surface area contributed by atoms with Crippen LogP contribution in [0.5, 0.6) is 23.0 Å². The largest absolute Gasteiger partial charge is 0.489 e. The number of amides is 2. The number of likely N-dealkylation sites (N-methyl/N-ethyl adjacent to an activating group) is 1. The van der Waals surface area contributed by atoms with Gasteiger partial charge in [0.15, 0.2) is 11.6 Å². The average molecular weight is 515 g/mol. The summed E-state index contributed by atoms with van der Waals surface area (Å²) in [4.78, 5) is 27.1. The van der Waals surface area contributed by atoms with E-state index in [1.807, 2.05) is 6.92 Å². The molecule has 1 atom stereocenters. The molecule has 11 heteroatoms. The number of hydrogen-bond donors (Lipinski definition) is 1. The summed E-state index contributed by atoms with van der Waals surface area (Å²) < 4.78 is 24.5. The molecule has 190 valence electrons. The molecule has 0 saturated carbocycles. The van der Waals surface area contributed by atoms with E-state index in [1.165, 1.54) is 0 Å². The second-order valence-electron chi connectivity index (χ2n) is 8.34. The zero-order valence-corrected chi connectivity index (χ0v) is 21.2. The lowest BCUT2D eigenvalue weighted by Crippen LogP contribution is -2.27. The number of rotatable bonds is 8. The first-order chi connectivity index (χ1) is 17.2. The second-order valence-corrected chi connectivity index (χ2v) is 8.72. The fourth-order valence-corrected chi connectivity index (χ4v) is 3.90. The molecule has 1 aliphatic heterocycles. The van der Waals surface area contributed by atoms with E-state index in [2.05, 4.69) is 10.4 Å². The summed E-state index contributed by atoms with van der Waals surface area (Å²) >= 11 is 6.58. The molecule has 36 heavy (non-hydrogen) atoms. The summed E-state index contributed by atoms with van der Waals surface area (Å²) in [7, 11) is 5.04. The van der Waals surface area contributed by atoms with Crippen molar-refractivity contribution in [2.24, 2.45) is 7.05 Å². The van der Waals surface area contributed by atoms with Gasteiger partial charge in [0.2, 0.25) is 0 Å². The van der Waals surface area contributed by atoms with Crippen molar-refractivity contribution in [3.63, 3.8) is 0 Å². The second kappa shape index (κ2) is 10.9. The first-order valence-corrected chi connectivity index (χ1v) is 11.6. The third-order valence-electron chi connectivity index (χ3n) is 5.38. The number of ether oxygens (including phenoxy) is 4. The van der Waals surface area contributed by atoms with Crippen LogP contribution in [-0.4, -0.2) is 66.5 Å². The highest BCUT2D eigenvalue weighted by Gasteiger charge is 2.25. The van der Waals surface area contributed by atoms with E-state index in [0.717, 1.165) is 0 Å². The number of fused-ring (bicyclic) bond motifs is 1. The van der Waals surface area contributed by atoms with E-state index in [0.29, 0.717) is 42.6 Å². The van der Waals surface area contributed by atoms with Crippen LogP contribution in [0.2, 0.25) is 5.02 Å². The van der Waals surface area contributed by atoms with Gasteiger partial charge in [0.05, 0.1) is 18.7 Å². The highest BCUT2D eigenvalue weighted by Crippen LogP contribution is 2.41. The topological polar surface area (TPSA) is 104 Å². The Bertz CT molecular complexity index is 1280. The lowest BCUT2D eigenvalue weighted by Gasteiger charge is -2.17. The predicted molar refractivity (Wildman–Crippen MR) is 134 cm³/mol. The third kappa shape index (κ3) is 5.72. The molecule has 0 radical (unpaired) electrons. The summed E-state index contributed by atoms with van der Waals surface area (Å²) in [6, 6.07) is 9.70. The highest BCUT2D eigenvalue weighted by molar-refractivity contribution is 6.34. The summed E-state index contributed by atoms with van der Waals surface area (Å²) in [5, 5.41) is 7.09. The van der Waals surface area contributed by atoms with E-state index in [9.17, 15) is 9.59 Å². The van der Waals surface area contributed by atoms with Crippen LogP contribution < -0.4 is 19.5 Å². The minimum atomic E-state index is -0.395. The molecule has 2 amide bonds. The molecule has 1 aliphatic rings. The number of carbonyl (C=O) groups is 2. The Labute approximate surface area is 213 Å². The molecule has 0 bridgehead atoms. The number of aromatic nitrogens is 2. The first kappa shape index (κ1) is 25.3. The van der Waals surface area contributed by atoms with Crippen molar-refractivity contribution in [2.75, 3.05) is 39.2 Å². The molecule has 2 heterocycles. The summed E-state index contributed by atoms with van der Waals surface area (Å²) in [5.74, 6) is 1.07. The number of methoxy groups -OCH3 is 1. The maximum absolute atomic E-state index is 13.0. The number of nitrogens with one attached hydrogen (secondary N) is 1. The van der Waals surface area contributed by atoms with Crippen LogP contribution >= 0.6 is 11.6 Å². The number of halogens is 1. The standard InChI is InChI=1S/C25H27ClN4O6/c1-15(14-33-4)35-17-11-16(24(31)27-21-7-8-30(3)28-21)12-18(13-17)36-20-6-5-19-23(22(20)26)34-10-9-29(2)25(19)32/h5-8,11-13,15H,9-10,14H2,1-4H3,(H,27,28,31)/t15-/m0/s1. The van der Waals surface area contributed by atoms with Crippen molar-refractivity contribution < 1.29 is 28.5 Å². The van der Waals surface area contributed by atoms with Crippen LogP contribution in [0.1, 0.15) is 27.6 Å². The fraction of sp³-hybridized carbons (Fsp3) is 0.320. The van der Waals surface area contributed by atoms with Crippen molar-refractivity contribution in [1.82, 2.24) is 14.7 Å². The quantitative estimate of drug-likeness (QED) is 0.484. The van der Waals surface area contributed by atoms with Crippen molar-refractivity contribution in [2.45, 2.75) is 13.0 Å². The van der Waals surface area contributed by atoms with Crippen LogP contribution in [0, 0.1) is 0 Å². The van der Waals surface area contributed by atoms with Gasteiger partial charge in [-0.1, -0.05) is 11.6 Å². The lowest BCUT2D eigenvalue weighted by molar-refractivity contribution is 0.0796. The molecule has 0 saturated heterocycles. The molecular formula is C25H27ClN4O6. The van der Waals surface area contributed by atoms with Crippen LogP contribution in [-0.2, 0) is 11.8 Å². The van der Waals surface area contributed by atoms with E-state index >= 15 is 0 Å². The molecule has 2 aromatic carbocycles. The van der Waals surface area contributed by atoms with Gasteiger partial charge >= 0.3 is 0 Å². The number of carbonyl (C=O) groups excluding carboxylic acids is 2. The van der Waals surface area contributed by atoms with Crippen LogP contribution in [0.25, 0.3) is 0 Å². The monoisotopic (exact) mass is 514 g/mol. The third-order valence-corrected chi connectivity index (χ3v) is 5.73. The Morgan fingerprint density at radius 1 is 1.22 bits per heavy atom. The van der Waals surface area contributed by atoms with Crippen molar-refractivity contribution in [1.29, 1.82) is 0 Å². The lowest BCUT2D eigenvalue weighted by atomic mass is 10.1. The van der Waals surface area contributed by atoms with E-state index < -0.39 is 5.91 Å². The van der Waals surface area contributed by atoms with Crippen LogP contribution in [0.4, 0.5) is 5.82 Å². The molecule has 0 aliphatic carbocycles. The van der Waals surface area contributed by atoms with Gasteiger partial charge in [0.25, 0.3) is 11.8 Å². The maximum Gasteiger partial charge on any atom is 0.257 e. The SMILES string of the molecule is COC[C@H](C)Oc1cc(Oc2ccc3c(c2Cl)OCCN(C)C3=O)cc(C(=O)Nc2ccn(C)n2)c1. The Morgan fingerprint density at radius 2 is 2.00 bits per heavy atom. The van der Waals surface area contributed by atoms with Crippen molar-refractivity contribution in [3.8, 4) is 23.0 Å². The van der Waals surface area contributed by atoms with E-state index in [4.69, 9.17) is 30.5 Å². The van der Waals surface area contributed by atoms with Crippen molar-refractivity contribution >= 4 is 29.2 Å². The van der Waals surface area contributed by atoms with Crippen LogP contribution in [0.15, 0.2) is 42.6 Å². The molecule has 1 N–H and O–H groups in total. The molecule has 0 spiro atoms. The molecule has 1 aromatic heterocycles. The molecular weight excluding hydrogens is 488 g/mol. The smallest absolute Gasteiger partial charge is 0.257 e. The zero-order valence-electron chi connectivity index (χ0n) is 20.4. The number of hydrogen-bond acceptors (Lipinski definition) is 7. The minimum Gasteiger partial charge on any atom is -0.489 e. The Kier molecular flexibility index (Phi) is 7.66. The normalized spacial score (nSPS) is 13.9. The number of anilines is 1. The van der Waals surface area contributed by atoms with Gasteiger partial charge in [0.1, 0.15) is 35.0 Å². The molecule has 3 aromatic rings. The van der Waals surface area contributed by atoms with Gasteiger partial charge in [-0.2, -0.15) is 5.10 Å². The van der Waals surface area contributed by atoms with Crippen LogP contribution in [0.3, 0.4) is 0 Å². The molecule has 0 unspecified atom stereocenters. The fourth-order valence-electron chi connectivity index (χ4n) is 3.65. The number of nitrogens with zero attached hydrogens (tertiary/aromatic N) is 3. The van der Waals surface area contributed by atoms with E-state index in [1.54, 1.807) is 73.4 Å². The number of benzene rings is 2. The average Bonchev–Trinajstić information content (AvgIpc) is 3.18. The Balaban J connectivity index is 1.66. The Hall–Kier alpha value is -3.76. The van der Waals surface area contributed by atoms with Gasteiger partial charge in [-0.15, -0.1) is 0 Å².